The highest BCUT2D eigenvalue weighted by atomic mass is 19.4. The van der Waals surface area contributed by atoms with Gasteiger partial charge in [-0.1, -0.05) is 12.1 Å². The minimum atomic E-state index is -4.41. The van der Waals surface area contributed by atoms with E-state index in [1.807, 2.05) is 60.0 Å². The Morgan fingerprint density at radius 2 is 1.74 bits per heavy atom. The highest BCUT2D eigenvalue weighted by Crippen LogP contribution is 2.33. The van der Waals surface area contributed by atoms with Gasteiger partial charge < -0.3 is 14.6 Å². The predicted octanol–water partition coefficient (Wildman–Crippen LogP) is 6.68. The number of ether oxygens (including phenoxy) is 1. The molecule has 39 heavy (non-hydrogen) atoms. The molecule has 3 aliphatic rings. The molecule has 2 aromatic carbocycles. The van der Waals surface area contributed by atoms with Gasteiger partial charge in [0.25, 0.3) is 0 Å². The summed E-state index contributed by atoms with van der Waals surface area (Å²) < 4.78 is 47.4. The lowest BCUT2D eigenvalue weighted by Crippen LogP contribution is -2.23. The van der Waals surface area contributed by atoms with Crippen LogP contribution in [-0.2, 0) is 10.9 Å². The first-order valence-electron chi connectivity index (χ1n) is 12.8. The zero-order valence-corrected chi connectivity index (χ0v) is 21.2. The third-order valence-electron chi connectivity index (χ3n) is 6.85. The molecule has 3 aromatic rings. The number of hydrogen-bond acceptors (Lipinski definition) is 5. The maximum absolute atomic E-state index is 13.3. The smallest absolute Gasteiger partial charge is 0.381 e. The lowest BCUT2D eigenvalue weighted by Gasteiger charge is -2.22. The van der Waals surface area contributed by atoms with Gasteiger partial charge in [0.05, 0.1) is 57.0 Å². The van der Waals surface area contributed by atoms with Crippen LogP contribution in [0.1, 0.15) is 24.1 Å². The molecular weight excluding hydrogens is 503 g/mol. The fourth-order valence-corrected chi connectivity index (χ4v) is 4.83. The first kappa shape index (κ1) is 25.1. The van der Waals surface area contributed by atoms with Crippen LogP contribution in [0.2, 0.25) is 0 Å². The van der Waals surface area contributed by atoms with E-state index in [2.05, 4.69) is 10.3 Å². The fraction of sp³-hybridized carbons (Fsp3) is 0.233. The summed E-state index contributed by atoms with van der Waals surface area (Å²) in [5, 5.41) is 4.19. The van der Waals surface area contributed by atoms with Crippen molar-refractivity contribution < 1.29 is 17.9 Å². The Bertz CT molecular complexity index is 1650. The van der Waals surface area contributed by atoms with Crippen molar-refractivity contribution in [1.29, 1.82) is 0 Å². The predicted molar refractivity (Wildman–Crippen MR) is 144 cm³/mol. The van der Waals surface area contributed by atoms with Gasteiger partial charge in [0.2, 0.25) is 0 Å². The Balaban J connectivity index is 1.58. The van der Waals surface area contributed by atoms with E-state index in [0.29, 0.717) is 24.6 Å². The van der Waals surface area contributed by atoms with Crippen molar-refractivity contribution in [3.05, 3.63) is 95.6 Å². The number of nitrogens with zero attached hydrogens (tertiary/aromatic N) is 4. The molecular formula is C30H26F3N5O. The molecule has 0 radical (unpaired) electrons. The largest absolute Gasteiger partial charge is 0.416 e. The molecule has 0 saturated carbocycles. The molecule has 3 heterocycles. The normalized spacial score (nSPS) is 15.2. The van der Waals surface area contributed by atoms with Crippen LogP contribution in [0.5, 0.6) is 0 Å². The Hall–Kier alpha value is -4.24. The number of para-hydroxylation sites is 2. The summed E-state index contributed by atoms with van der Waals surface area (Å²) in [7, 11) is 0. The van der Waals surface area contributed by atoms with Gasteiger partial charge in [-0.3, -0.25) is 9.98 Å². The molecule has 1 N–H and O–H groups in total. The highest BCUT2D eigenvalue weighted by molar-refractivity contribution is 5.84. The van der Waals surface area contributed by atoms with Gasteiger partial charge in [0, 0.05) is 24.6 Å². The standard InChI is InChI=1S/C30H26F3N5O/c1-19-6-9-22(18-34-19)36-25-16-27-29(17-26(25)35-21-12-14-39-15-13-21)38(28-5-3-2-4-24(28)37-27)23-10-7-20(8-11-23)30(31,32)33/h2-11,16-18,21,36H,12-15H2,1H3/b35-26+. The minimum absolute atomic E-state index is 0.0980. The molecule has 0 unspecified atom stereocenters. The number of benzene rings is 3. The zero-order chi connectivity index (χ0) is 27.0. The molecule has 198 valence electrons. The maximum atomic E-state index is 13.3. The van der Waals surface area contributed by atoms with Crippen molar-refractivity contribution >= 4 is 22.4 Å². The Morgan fingerprint density at radius 1 is 0.974 bits per heavy atom. The van der Waals surface area contributed by atoms with Crippen molar-refractivity contribution in [2.24, 2.45) is 4.99 Å². The molecule has 1 fully saturated rings. The average Bonchev–Trinajstić information content (AvgIpc) is 2.93. The first-order chi connectivity index (χ1) is 18.8. The second-order valence-electron chi connectivity index (χ2n) is 9.62. The van der Waals surface area contributed by atoms with E-state index in [4.69, 9.17) is 14.7 Å². The van der Waals surface area contributed by atoms with E-state index in [-0.39, 0.29) is 6.04 Å². The maximum Gasteiger partial charge on any atom is 0.416 e. The van der Waals surface area contributed by atoms with E-state index in [1.54, 1.807) is 6.20 Å². The van der Waals surface area contributed by atoms with Crippen molar-refractivity contribution in [2.45, 2.75) is 32.0 Å². The average molecular weight is 530 g/mol. The van der Waals surface area contributed by atoms with Gasteiger partial charge in [-0.15, -0.1) is 0 Å². The molecule has 9 heteroatoms. The van der Waals surface area contributed by atoms with E-state index in [0.717, 1.165) is 64.1 Å². The lowest BCUT2D eigenvalue weighted by molar-refractivity contribution is -0.137. The molecule has 2 aliphatic heterocycles. The molecule has 6 nitrogen and oxygen atoms in total. The number of aromatic nitrogens is 3. The first-order valence-corrected chi connectivity index (χ1v) is 12.8. The Kier molecular flexibility index (Phi) is 6.52. The SMILES string of the molecule is Cc1ccc(Nc2cc3nc4ccccc4n(-c4ccc(C(F)(F)F)cc4)c-3c/c2=N\C2CCOCC2)cn1. The van der Waals surface area contributed by atoms with Crippen LogP contribution in [-0.4, -0.2) is 33.8 Å². The van der Waals surface area contributed by atoms with Gasteiger partial charge in [-0.25, -0.2) is 4.98 Å². The third-order valence-corrected chi connectivity index (χ3v) is 6.85. The Morgan fingerprint density at radius 3 is 2.46 bits per heavy atom. The number of pyridine rings is 1. The summed E-state index contributed by atoms with van der Waals surface area (Å²) in [6, 6.07) is 20.7. The van der Waals surface area contributed by atoms with Crippen LogP contribution < -0.4 is 10.7 Å². The molecule has 1 aliphatic carbocycles. The van der Waals surface area contributed by atoms with Crippen LogP contribution in [0.25, 0.3) is 28.1 Å². The molecule has 1 saturated heterocycles. The van der Waals surface area contributed by atoms with Gasteiger partial charge >= 0.3 is 6.18 Å². The Labute approximate surface area is 223 Å². The number of fused-ring (bicyclic) bond motifs is 2. The monoisotopic (exact) mass is 529 g/mol. The zero-order valence-electron chi connectivity index (χ0n) is 21.2. The van der Waals surface area contributed by atoms with Gasteiger partial charge in [0.1, 0.15) is 0 Å². The fourth-order valence-electron chi connectivity index (χ4n) is 4.83. The van der Waals surface area contributed by atoms with Gasteiger partial charge in [-0.05, 0) is 80.4 Å². The summed E-state index contributed by atoms with van der Waals surface area (Å²) in [5.74, 6) is 0. The van der Waals surface area contributed by atoms with Crippen molar-refractivity contribution in [3.63, 3.8) is 0 Å². The molecule has 0 bridgehead atoms. The summed E-state index contributed by atoms with van der Waals surface area (Å²) in [6.45, 7) is 3.25. The summed E-state index contributed by atoms with van der Waals surface area (Å²) in [6.07, 6.45) is -1.00. The van der Waals surface area contributed by atoms with E-state index >= 15 is 0 Å². The van der Waals surface area contributed by atoms with Crippen LogP contribution in [0.15, 0.2) is 84.0 Å². The quantitative estimate of drug-likeness (QED) is 0.264. The number of aryl methyl sites for hydroxylation is 1. The molecule has 0 amide bonds. The molecule has 0 atom stereocenters. The number of nitrogens with one attached hydrogen (secondary N) is 1. The molecule has 0 spiro atoms. The number of anilines is 2. The molecule has 6 rings (SSSR count). The van der Waals surface area contributed by atoms with Gasteiger partial charge in [0.15, 0.2) is 0 Å². The lowest BCUT2D eigenvalue weighted by atomic mass is 10.1. The van der Waals surface area contributed by atoms with Crippen LogP contribution >= 0.6 is 0 Å². The number of rotatable bonds is 4. The van der Waals surface area contributed by atoms with Crippen LogP contribution in [0.3, 0.4) is 0 Å². The van der Waals surface area contributed by atoms with Gasteiger partial charge in [-0.2, -0.15) is 13.2 Å². The summed E-state index contributed by atoms with van der Waals surface area (Å²) in [5.41, 5.74) is 5.36. The summed E-state index contributed by atoms with van der Waals surface area (Å²) >= 11 is 0. The van der Waals surface area contributed by atoms with Crippen LogP contribution in [0, 0.1) is 6.92 Å². The summed E-state index contributed by atoms with van der Waals surface area (Å²) in [4.78, 5) is 14.4. The third kappa shape index (κ3) is 5.22. The highest BCUT2D eigenvalue weighted by Gasteiger charge is 2.30. The number of halogens is 3. The topological polar surface area (TPSA) is 64.3 Å². The number of alkyl halides is 3. The van der Waals surface area contributed by atoms with E-state index < -0.39 is 11.7 Å². The second kappa shape index (κ2) is 10.1. The number of hydrogen-bond donors (Lipinski definition) is 1. The second-order valence-corrected chi connectivity index (χ2v) is 9.62. The van der Waals surface area contributed by atoms with E-state index in [1.165, 1.54) is 12.1 Å². The van der Waals surface area contributed by atoms with E-state index in [9.17, 15) is 13.2 Å². The van der Waals surface area contributed by atoms with Crippen molar-refractivity contribution in [2.75, 3.05) is 18.5 Å². The van der Waals surface area contributed by atoms with Crippen molar-refractivity contribution in [1.82, 2.24) is 14.5 Å². The van der Waals surface area contributed by atoms with Crippen LogP contribution in [0.4, 0.5) is 24.5 Å². The molecule has 1 aromatic heterocycles. The minimum Gasteiger partial charge on any atom is -0.381 e. The van der Waals surface area contributed by atoms with Crippen molar-refractivity contribution in [3.8, 4) is 17.1 Å².